The molecule has 0 unspecified atom stereocenters. The van der Waals surface area contributed by atoms with Crippen molar-refractivity contribution in [3.63, 3.8) is 0 Å². The van der Waals surface area contributed by atoms with E-state index in [9.17, 15) is 4.39 Å². The number of nitrogens with two attached hydrogens (primary N) is 1. The van der Waals surface area contributed by atoms with E-state index in [1.54, 1.807) is 18.3 Å². The van der Waals surface area contributed by atoms with Gasteiger partial charge in [-0.2, -0.15) is 0 Å². The van der Waals surface area contributed by atoms with Gasteiger partial charge in [-0.15, -0.1) is 11.3 Å². The lowest BCUT2D eigenvalue weighted by Crippen LogP contribution is -1.91. The second-order valence-electron chi connectivity index (χ2n) is 2.96. The first-order chi connectivity index (χ1) is 7.20. The molecule has 5 heteroatoms. The Hall–Kier alpha value is -0.780. The molecular weight excluding hydrogens is 279 g/mol. The molecule has 0 amide bonds. The molecule has 0 radical (unpaired) electrons. The lowest BCUT2D eigenvalue weighted by Gasteiger charge is -1.98. The van der Waals surface area contributed by atoms with Gasteiger partial charge in [0.25, 0.3) is 0 Å². The Labute approximate surface area is 99.1 Å². The standard InChI is InChI=1S/C10H8BrFN2S/c11-6-1-2-8(9(12)3-6)10-14-5-7(4-13)15-10/h1-3,5H,4,13H2. The SMILES string of the molecule is NCc1cnc(-c2ccc(Br)cc2F)s1. The maximum absolute atomic E-state index is 13.6. The van der Waals surface area contributed by atoms with E-state index in [1.165, 1.54) is 17.4 Å². The summed E-state index contributed by atoms with van der Waals surface area (Å²) in [6.45, 7) is 0.440. The van der Waals surface area contributed by atoms with Crippen molar-refractivity contribution >= 4 is 27.3 Å². The maximum atomic E-state index is 13.6. The van der Waals surface area contributed by atoms with Crippen LogP contribution in [0.2, 0.25) is 0 Å². The molecule has 2 nitrogen and oxygen atoms in total. The zero-order valence-electron chi connectivity index (χ0n) is 7.71. The Morgan fingerprint density at radius 3 is 2.87 bits per heavy atom. The topological polar surface area (TPSA) is 38.9 Å². The summed E-state index contributed by atoms with van der Waals surface area (Å²) in [4.78, 5) is 5.08. The minimum atomic E-state index is -0.276. The fraction of sp³-hybridized carbons (Fsp3) is 0.100. The summed E-state index contributed by atoms with van der Waals surface area (Å²) < 4.78 is 14.3. The third-order valence-corrected chi connectivity index (χ3v) is 3.46. The molecular formula is C10H8BrFN2S. The van der Waals surface area contributed by atoms with Crippen LogP contribution in [0.5, 0.6) is 0 Å². The summed E-state index contributed by atoms with van der Waals surface area (Å²) in [6.07, 6.45) is 1.68. The number of halogens is 2. The van der Waals surface area contributed by atoms with Gasteiger partial charge < -0.3 is 5.73 Å². The van der Waals surface area contributed by atoms with Crippen LogP contribution in [-0.4, -0.2) is 4.98 Å². The van der Waals surface area contributed by atoms with Gasteiger partial charge in [0, 0.05) is 27.7 Å². The van der Waals surface area contributed by atoms with Crippen LogP contribution in [0.25, 0.3) is 10.6 Å². The smallest absolute Gasteiger partial charge is 0.134 e. The van der Waals surface area contributed by atoms with Gasteiger partial charge in [0.05, 0.1) is 0 Å². The highest BCUT2D eigenvalue weighted by Crippen LogP contribution is 2.28. The van der Waals surface area contributed by atoms with E-state index in [1.807, 2.05) is 0 Å². The number of aromatic nitrogens is 1. The maximum Gasteiger partial charge on any atom is 0.134 e. The highest BCUT2D eigenvalue weighted by atomic mass is 79.9. The third-order valence-electron chi connectivity index (χ3n) is 1.92. The zero-order valence-corrected chi connectivity index (χ0v) is 10.1. The van der Waals surface area contributed by atoms with Crippen molar-refractivity contribution in [2.45, 2.75) is 6.54 Å². The van der Waals surface area contributed by atoms with Crippen molar-refractivity contribution in [2.75, 3.05) is 0 Å². The highest BCUT2D eigenvalue weighted by Gasteiger charge is 2.09. The number of nitrogens with zero attached hydrogens (tertiary/aromatic N) is 1. The van der Waals surface area contributed by atoms with Crippen LogP contribution in [0.4, 0.5) is 4.39 Å². The fourth-order valence-electron chi connectivity index (χ4n) is 1.19. The zero-order chi connectivity index (χ0) is 10.8. The highest BCUT2D eigenvalue weighted by molar-refractivity contribution is 9.10. The van der Waals surface area contributed by atoms with Crippen LogP contribution in [0.1, 0.15) is 4.88 Å². The van der Waals surface area contributed by atoms with Gasteiger partial charge in [-0.3, -0.25) is 0 Å². The molecule has 2 aromatic rings. The van der Waals surface area contributed by atoms with Crippen LogP contribution in [-0.2, 0) is 6.54 Å². The van der Waals surface area contributed by atoms with Gasteiger partial charge in [-0.1, -0.05) is 15.9 Å². The molecule has 0 saturated carbocycles. The molecule has 0 atom stereocenters. The molecule has 15 heavy (non-hydrogen) atoms. The monoisotopic (exact) mass is 286 g/mol. The van der Waals surface area contributed by atoms with Crippen LogP contribution in [0.15, 0.2) is 28.9 Å². The Morgan fingerprint density at radius 2 is 2.27 bits per heavy atom. The lowest BCUT2D eigenvalue weighted by atomic mass is 10.2. The number of hydrogen-bond acceptors (Lipinski definition) is 3. The molecule has 2 rings (SSSR count). The Kier molecular flexibility index (Phi) is 3.14. The van der Waals surface area contributed by atoms with E-state index in [2.05, 4.69) is 20.9 Å². The van der Waals surface area contributed by atoms with E-state index in [0.717, 1.165) is 9.35 Å². The molecule has 0 aliphatic carbocycles. The van der Waals surface area contributed by atoms with Crippen molar-refractivity contribution in [3.8, 4) is 10.6 Å². The van der Waals surface area contributed by atoms with Gasteiger partial charge in [0.1, 0.15) is 10.8 Å². The summed E-state index contributed by atoms with van der Waals surface area (Å²) in [5, 5.41) is 0.667. The first-order valence-corrected chi connectivity index (χ1v) is 5.92. The van der Waals surface area contributed by atoms with E-state index in [4.69, 9.17) is 5.73 Å². The predicted molar refractivity (Wildman–Crippen MR) is 63.1 cm³/mol. The molecule has 0 saturated heterocycles. The molecule has 1 aromatic carbocycles. The van der Waals surface area contributed by atoms with Crippen LogP contribution >= 0.6 is 27.3 Å². The largest absolute Gasteiger partial charge is 0.326 e. The molecule has 0 spiro atoms. The number of hydrogen-bond donors (Lipinski definition) is 1. The third kappa shape index (κ3) is 2.25. The second kappa shape index (κ2) is 4.38. The lowest BCUT2D eigenvalue weighted by molar-refractivity contribution is 0.630. The Morgan fingerprint density at radius 1 is 1.47 bits per heavy atom. The summed E-state index contributed by atoms with van der Waals surface area (Å²) in [5.41, 5.74) is 5.99. The summed E-state index contributed by atoms with van der Waals surface area (Å²) in [5.74, 6) is -0.276. The summed E-state index contributed by atoms with van der Waals surface area (Å²) >= 11 is 4.63. The Bertz CT molecular complexity index is 484. The number of rotatable bonds is 2. The molecule has 2 N–H and O–H groups in total. The summed E-state index contributed by atoms with van der Waals surface area (Å²) in [6, 6.07) is 4.93. The van der Waals surface area contributed by atoms with Gasteiger partial charge in [0.15, 0.2) is 0 Å². The van der Waals surface area contributed by atoms with E-state index < -0.39 is 0 Å². The molecule has 78 valence electrons. The second-order valence-corrected chi connectivity index (χ2v) is 4.99. The predicted octanol–water partition coefficient (Wildman–Crippen LogP) is 3.17. The van der Waals surface area contributed by atoms with Gasteiger partial charge in [-0.25, -0.2) is 9.37 Å². The molecule has 1 aromatic heterocycles. The number of benzene rings is 1. The molecule has 0 aliphatic rings. The quantitative estimate of drug-likeness (QED) is 0.921. The van der Waals surface area contributed by atoms with Gasteiger partial charge >= 0.3 is 0 Å². The molecule has 0 aliphatic heterocycles. The first-order valence-electron chi connectivity index (χ1n) is 4.31. The first kappa shape index (κ1) is 10.7. The number of thiazole rings is 1. The van der Waals surface area contributed by atoms with E-state index in [0.29, 0.717) is 17.1 Å². The van der Waals surface area contributed by atoms with E-state index in [-0.39, 0.29) is 5.82 Å². The van der Waals surface area contributed by atoms with Crippen LogP contribution in [0.3, 0.4) is 0 Å². The van der Waals surface area contributed by atoms with E-state index >= 15 is 0 Å². The Balaban J connectivity index is 2.44. The summed E-state index contributed by atoms with van der Waals surface area (Å²) in [7, 11) is 0. The van der Waals surface area contributed by atoms with Gasteiger partial charge in [-0.05, 0) is 18.2 Å². The van der Waals surface area contributed by atoms with Gasteiger partial charge in [0.2, 0.25) is 0 Å². The molecule has 0 bridgehead atoms. The minimum absolute atomic E-state index is 0.276. The van der Waals surface area contributed by atoms with Crippen molar-refractivity contribution < 1.29 is 4.39 Å². The average molecular weight is 287 g/mol. The normalized spacial score (nSPS) is 10.6. The van der Waals surface area contributed by atoms with Crippen molar-refractivity contribution in [2.24, 2.45) is 5.73 Å². The van der Waals surface area contributed by atoms with Crippen molar-refractivity contribution in [1.29, 1.82) is 0 Å². The average Bonchev–Trinajstić information content (AvgIpc) is 2.66. The molecule has 1 heterocycles. The minimum Gasteiger partial charge on any atom is -0.326 e. The van der Waals surface area contributed by atoms with Crippen molar-refractivity contribution in [1.82, 2.24) is 4.98 Å². The van der Waals surface area contributed by atoms with Crippen LogP contribution < -0.4 is 5.73 Å². The van der Waals surface area contributed by atoms with Crippen molar-refractivity contribution in [3.05, 3.63) is 39.6 Å². The molecule has 0 fully saturated rings. The fourth-order valence-corrected chi connectivity index (χ4v) is 2.34. The van der Waals surface area contributed by atoms with Crippen LogP contribution in [0, 0.1) is 5.82 Å².